The van der Waals surface area contributed by atoms with Crippen LogP contribution in [0.25, 0.3) is 0 Å². The Morgan fingerprint density at radius 2 is 1.67 bits per heavy atom. The number of halogens is 1. The van der Waals surface area contributed by atoms with Crippen molar-refractivity contribution in [2.24, 2.45) is 11.7 Å². The molecule has 5 rings (SSSR count). The first-order chi connectivity index (χ1) is 17.4. The molecular formula is C30H43ClN4O. The molecule has 2 aromatic rings. The Bertz CT molecular complexity index is 999. The van der Waals surface area contributed by atoms with Crippen molar-refractivity contribution in [2.75, 3.05) is 50.8 Å². The molecule has 5 nitrogen and oxygen atoms in total. The minimum Gasteiger partial charge on any atom is -0.381 e. The van der Waals surface area contributed by atoms with E-state index < -0.39 is 0 Å². The third kappa shape index (κ3) is 5.61. The summed E-state index contributed by atoms with van der Waals surface area (Å²) in [6.07, 6.45) is 3.96. The molecule has 3 aliphatic heterocycles. The molecule has 0 spiro atoms. The number of nitrogens with zero attached hydrogens (tertiary/aromatic N) is 3. The van der Waals surface area contributed by atoms with Crippen molar-refractivity contribution < 1.29 is 4.74 Å². The number of anilines is 1. The van der Waals surface area contributed by atoms with Gasteiger partial charge in [0.2, 0.25) is 0 Å². The monoisotopic (exact) mass is 510 g/mol. The highest BCUT2D eigenvalue weighted by Crippen LogP contribution is 2.38. The van der Waals surface area contributed by atoms with Crippen LogP contribution >= 0.6 is 11.6 Å². The lowest BCUT2D eigenvalue weighted by Gasteiger charge is -2.45. The summed E-state index contributed by atoms with van der Waals surface area (Å²) in [5.41, 5.74) is 12.0. The second-order valence-electron chi connectivity index (χ2n) is 11.4. The van der Waals surface area contributed by atoms with Crippen LogP contribution in [-0.2, 0) is 4.74 Å². The Hall–Kier alpha value is -1.63. The topological polar surface area (TPSA) is 45.0 Å². The molecule has 2 N–H and O–H groups in total. The van der Waals surface area contributed by atoms with Crippen LogP contribution in [0.1, 0.15) is 61.8 Å². The fourth-order valence-corrected chi connectivity index (χ4v) is 6.56. The minimum absolute atomic E-state index is 0.0666. The molecule has 0 amide bonds. The van der Waals surface area contributed by atoms with Crippen molar-refractivity contribution in [3.8, 4) is 0 Å². The average molecular weight is 511 g/mol. The van der Waals surface area contributed by atoms with Crippen molar-refractivity contribution in [1.29, 1.82) is 0 Å². The molecule has 6 heteroatoms. The van der Waals surface area contributed by atoms with Crippen LogP contribution in [0.3, 0.4) is 0 Å². The Morgan fingerprint density at radius 1 is 0.972 bits per heavy atom. The molecule has 0 aliphatic carbocycles. The van der Waals surface area contributed by atoms with Crippen LogP contribution in [0.2, 0.25) is 5.02 Å². The molecule has 3 aliphatic rings. The van der Waals surface area contributed by atoms with E-state index in [0.717, 1.165) is 63.8 Å². The van der Waals surface area contributed by atoms with Crippen molar-refractivity contribution in [3.05, 3.63) is 64.2 Å². The summed E-state index contributed by atoms with van der Waals surface area (Å²) in [6, 6.07) is 16.1. The maximum atomic E-state index is 6.66. The summed E-state index contributed by atoms with van der Waals surface area (Å²) in [6.45, 7) is 13.8. The Labute approximate surface area is 222 Å². The van der Waals surface area contributed by atoms with Gasteiger partial charge in [0, 0.05) is 68.7 Å². The van der Waals surface area contributed by atoms with Crippen molar-refractivity contribution in [2.45, 2.75) is 64.2 Å². The fourth-order valence-electron chi connectivity index (χ4n) is 6.43. The molecular weight excluding hydrogens is 468 g/mol. The van der Waals surface area contributed by atoms with E-state index in [-0.39, 0.29) is 6.04 Å². The molecule has 0 aromatic heterocycles. The van der Waals surface area contributed by atoms with Gasteiger partial charge in [0.15, 0.2) is 0 Å². The van der Waals surface area contributed by atoms with Gasteiger partial charge in [-0.15, -0.1) is 0 Å². The van der Waals surface area contributed by atoms with Gasteiger partial charge in [-0.1, -0.05) is 55.3 Å². The van der Waals surface area contributed by atoms with Crippen LogP contribution in [0, 0.1) is 12.8 Å². The van der Waals surface area contributed by atoms with E-state index in [0.29, 0.717) is 24.0 Å². The van der Waals surface area contributed by atoms with Crippen LogP contribution < -0.4 is 10.6 Å². The van der Waals surface area contributed by atoms with Gasteiger partial charge < -0.3 is 15.4 Å². The van der Waals surface area contributed by atoms with E-state index in [1.807, 2.05) is 12.1 Å². The summed E-state index contributed by atoms with van der Waals surface area (Å²) in [4.78, 5) is 8.12. The standard InChI is InChI=1S/C30H43ClN4O/c1-21(2)30(32)27-18-22(3)4-9-28(27)33-12-14-34(15-13-33)29-19-24(23-5-7-25(31)8-6-23)20-35(29)26-10-16-36-17-11-26/h4-9,18,21,24,26,29-30H,10-17,19-20,32H2,1-3H3/t24-,29?,30+/m1/s1. The van der Waals surface area contributed by atoms with E-state index in [4.69, 9.17) is 22.1 Å². The number of ether oxygens (including phenoxy) is 1. The average Bonchev–Trinajstić information content (AvgIpc) is 3.35. The molecule has 0 radical (unpaired) electrons. The van der Waals surface area contributed by atoms with E-state index in [1.165, 1.54) is 28.8 Å². The summed E-state index contributed by atoms with van der Waals surface area (Å²) in [7, 11) is 0. The fraction of sp³-hybridized carbons (Fsp3) is 0.600. The maximum Gasteiger partial charge on any atom is 0.0632 e. The largest absolute Gasteiger partial charge is 0.381 e. The lowest BCUT2D eigenvalue weighted by molar-refractivity contribution is -0.0123. The zero-order valence-corrected chi connectivity index (χ0v) is 23.0. The SMILES string of the molecule is Cc1ccc(N2CCN(C3C[C@@H](c4ccc(Cl)cc4)CN3C3CCOCC3)CC2)c([C@@H](N)C(C)C)c1. The summed E-state index contributed by atoms with van der Waals surface area (Å²) < 4.78 is 5.71. The zero-order valence-electron chi connectivity index (χ0n) is 22.2. The molecule has 196 valence electrons. The van der Waals surface area contributed by atoms with E-state index in [2.05, 4.69) is 65.8 Å². The van der Waals surface area contributed by atoms with Gasteiger partial charge in [0.25, 0.3) is 0 Å². The van der Waals surface area contributed by atoms with Crippen molar-refractivity contribution in [1.82, 2.24) is 9.80 Å². The molecule has 3 heterocycles. The highest BCUT2D eigenvalue weighted by atomic mass is 35.5. The highest BCUT2D eigenvalue weighted by Gasteiger charge is 2.41. The third-order valence-electron chi connectivity index (χ3n) is 8.65. The van der Waals surface area contributed by atoms with Crippen LogP contribution in [-0.4, -0.2) is 67.9 Å². The number of hydrogen-bond acceptors (Lipinski definition) is 5. The van der Waals surface area contributed by atoms with Crippen LogP contribution in [0.5, 0.6) is 0 Å². The van der Waals surface area contributed by atoms with Crippen LogP contribution in [0.15, 0.2) is 42.5 Å². The summed E-state index contributed by atoms with van der Waals surface area (Å²) in [5.74, 6) is 0.976. The van der Waals surface area contributed by atoms with Gasteiger partial charge in [-0.3, -0.25) is 9.80 Å². The number of likely N-dealkylation sites (tertiary alicyclic amines) is 1. The molecule has 2 aromatic carbocycles. The first-order valence-corrected chi connectivity index (χ1v) is 14.2. The Kier molecular flexibility index (Phi) is 8.24. The van der Waals surface area contributed by atoms with Crippen LogP contribution in [0.4, 0.5) is 5.69 Å². The van der Waals surface area contributed by atoms with Gasteiger partial charge in [-0.05, 0) is 67.3 Å². The van der Waals surface area contributed by atoms with E-state index in [9.17, 15) is 0 Å². The lowest BCUT2D eigenvalue weighted by atomic mass is 9.93. The maximum absolute atomic E-state index is 6.66. The molecule has 36 heavy (non-hydrogen) atoms. The predicted octanol–water partition coefficient (Wildman–Crippen LogP) is 5.42. The number of nitrogens with two attached hydrogens (primary N) is 1. The molecule has 3 fully saturated rings. The molecule has 3 saturated heterocycles. The first-order valence-electron chi connectivity index (χ1n) is 13.8. The smallest absolute Gasteiger partial charge is 0.0632 e. The van der Waals surface area contributed by atoms with E-state index in [1.54, 1.807) is 0 Å². The predicted molar refractivity (Wildman–Crippen MR) is 150 cm³/mol. The molecule has 0 bridgehead atoms. The zero-order chi connectivity index (χ0) is 25.2. The van der Waals surface area contributed by atoms with Crippen molar-refractivity contribution in [3.63, 3.8) is 0 Å². The number of benzene rings is 2. The molecule has 1 unspecified atom stereocenters. The lowest BCUT2D eigenvalue weighted by Crippen LogP contribution is -2.56. The van der Waals surface area contributed by atoms with E-state index >= 15 is 0 Å². The first kappa shape index (κ1) is 26.0. The summed E-state index contributed by atoms with van der Waals surface area (Å²) in [5, 5.41) is 0.818. The minimum atomic E-state index is 0.0666. The Morgan fingerprint density at radius 3 is 2.33 bits per heavy atom. The Balaban J connectivity index is 1.31. The number of aryl methyl sites for hydroxylation is 1. The third-order valence-corrected chi connectivity index (χ3v) is 8.90. The highest BCUT2D eigenvalue weighted by molar-refractivity contribution is 6.30. The second kappa shape index (κ2) is 11.4. The number of rotatable bonds is 6. The molecule has 3 atom stereocenters. The number of piperazine rings is 1. The van der Waals surface area contributed by atoms with Gasteiger partial charge >= 0.3 is 0 Å². The normalized spacial score (nSPS) is 25.6. The van der Waals surface area contributed by atoms with Gasteiger partial charge in [-0.25, -0.2) is 0 Å². The van der Waals surface area contributed by atoms with Gasteiger partial charge in [0.1, 0.15) is 0 Å². The second-order valence-corrected chi connectivity index (χ2v) is 11.8. The molecule has 0 saturated carbocycles. The van der Waals surface area contributed by atoms with Crippen molar-refractivity contribution >= 4 is 17.3 Å². The van der Waals surface area contributed by atoms with Gasteiger partial charge in [0.05, 0.1) is 6.17 Å². The number of hydrogen-bond donors (Lipinski definition) is 1. The summed E-state index contributed by atoms with van der Waals surface area (Å²) >= 11 is 6.19. The quantitative estimate of drug-likeness (QED) is 0.562. The van der Waals surface area contributed by atoms with Gasteiger partial charge in [-0.2, -0.15) is 0 Å².